The van der Waals surface area contributed by atoms with Crippen molar-refractivity contribution in [3.05, 3.63) is 41.3 Å². The van der Waals surface area contributed by atoms with Crippen molar-refractivity contribution in [3.8, 4) is 11.5 Å². The zero-order valence-corrected chi connectivity index (χ0v) is 13.2. The summed E-state index contributed by atoms with van der Waals surface area (Å²) >= 11 is 1.06. The molecule has 0 spiro atoms. The van der Waals surface area contributed by atoms with Gasteiger partial charge in [0.25, 0.3) is 0 Å². The molecule has 116 valence electrons. The number of rotatable bonds is 7. The van der Waals surface area contributed by atoms with Crippen molar-refractivity contribution in [2.24, 2.45) is 0 Å². The first-order valence-electron chi connectivity index (χ1n) is 6.49. The van der Waals surface area contributed by atoms with E-state index in [9.17, 15) is 4.79 Å². The summed E-state index contributed by atoms with van der Waals surface area (Å²) in [6.45, 7) is 4.14. The highest BCUT2D eigenvalue weighted by atomic mass is 32.1. The monoisotopic (exact) mass is 319 g/mol. The Kier molecular flexibility index (Phi) is 5.00. The number of nitrogen functional groups attached to an aromatic ring is 1. The SMILES string of the molecule is C=CCNc1nsc(C(=O)c2ccc(OC)c(OC)c2)c1N. The van der Waals surface area contributed by atoms with Crippen LogP contribution in [0, 0.1) is 0 Å². The minimum atomic E-state index is -0.206. The lowest BCUT2D eigenvalue weighted by atomic mass is 10.1. The Hall–Kier alpha value is -2.54. The molecule has 1 aromatic carbocycles. The minimum absolute atomic E-state index is 0.206. The maximum absolute atomic E-state index is 12.6. The quantitative estimate of drug-likeness (QED) is 0.602. The zero-order chi connectivity index (χ0) is 16.1. The molecule has 0 aliphatic heterocycles. The van der Waals surface area contributed by atoms with Crippen LogP contribution in [0.5, 0.6) is 11.5 Å². The molecule has 0 aliphatic rings. The van der Waals surface area contributed by atoms with Crippen LogP contribution in [-0.4, -0.2) is 30.9 Å². The van der Waals surface area contributed by atoms with E-state index in [1.54, 1.807) is 24.3 Å². The van der Waals surface area contributed by atoms with Gasteiger partial charge in [0.1, 0.15) is 4.88 Å². The van der Waals surface area contributed by atoms with Gasteiger partial charge in [0.2, 0.25) is 5.78 Å². The lowest BCUT2D eigenvalue weighted by Crippen LogP contribution is -2.05. The van der Waals surface area contributed by atoms with Gasteiger partial charge in [-0.05, 0) is 29.7 Å². The van der Waals surface area contributed by atoms with E-state index in [1.165, 1.54) is 14.2 Å². The number of benzene rings is 1. The molecule has 0 radical (unpaired) electrons. The van der Waals surface area contributed by atoms with Crippen LogP contribution in [0.4, 0.5) is 11.5 Å². The van der Waals surface area contributed by atoms with E-state index in [1.807, 2.05) is 0 Å². The van der Waals surface area contributed by atoms with E-state index in [0.717, 1.165) is 11.5 Å². The third-order valence-corrected chi connectivity index (χ3v) is 3.86. The standard InChI is InChI=1S/C15H17N3O3S/c1-4-7-17-15-12(16)14(22-18-15)13(19)9-5-6-10(20-2)11(8-9)21-3/h4-6,8H,1,7,16H2,2-3H3,(H,17,18). The van der Waals surface area contributed by atoms with Gasteiger partial charge in [-0.3, -0.25) is 4.79 Å². The fourth-order valence-electron chi connectivity index (χ4n) is 1.87. The van der Waals surface area contributed by atoms with Crippen molar-refractivity contribution >= 4 is 28.8 Å². The molecule has 0 atom stereocenters. The Morgan fingerprint density at radius 3 is 2.77 bits per heavy atom. The van der Waals surface area contributed by atoms with Gasteiger partial charge in [0.05, 0.1) is 19.9 Å². The van der Waals surface area contributed by atoms with Gasteiger partial charge >= 0.3 is 0 Å². The summed E-state index contributed by atoms with van der Waals surface area (Å²) in [5.74, 6) is 1.34. The third kappa shape index (κ3) is 3.04. The first-order valence-corrected chi connectivity index (χ1v) is 7.26. The fraction of sp³-hybridized carbons (Fsp3) is 0.200. The molecule has 0 saturated carbocycles. The van der Waals surface area contributed by atoms with Crippen LogP contribution in [0.25, 0.3) is 0 Å². The molecule has 7 heteroatoms. The second kappa shape index (κ2) is 6.95. The predicted octanol–water partition coefficient (Wildman–Crippen LogP) is 2.57. The van der Waals surface area contributed by atoms with Gasteiger partial charge in [0, 0.05) is 12.1 Å². The van der Waals surface area contributed by atoms with Gasteiger partial charge in [-0.15, -0.1) is 6.58 Å². The van der Waals surface area contributed by atoms with Gasteiger partial charge in [-0.25, -0.2) is 0 Å². The van der Waals surface area contributed by atoms with E-state index in [-0.39, 0.29) is 5.78 Å². The number of anilines is 2. The number of ketones is 1. The summed E-state index contributed by atoms with van der Waals surface area (Å²) in [4.78, 5) is 13.0. The highest BCUT2D eigenvalue weighted by molar-refractivity contribution is 7.09. The van der Waals surface area contributed by atoms with E-state index in [0.29, 0.717) is 40.0 Å². The van der Waals surface area contributed by atoms with Crippen LogP contribution in [-0.2, 0) is 0 Å². The number of methoxy groups -OCH3 is 2. The summed E-state index contributed by atoms with van der Waals surface area (Å²) in [5.41, 5.74) is 6.78. The van der Waals surface area contributed by atoms with Crippen LogP contribution in [0.3, 0.4) is 0 Å². The maximum atomic E-state index is 12.6. The van der Waals surface area contributed by atoms with Gasteiger partial charge in [-0.1, -0.05) is 6.08 Å². The zero-order valence-electron chi connectivity index (χ0n) is 12.4. The Bertz CT molecular complexity index is 697. The summed E-state index contributed by atoms with van der Waals surface area (Å²) < 4.78 is 14.5. The van der Waals surface area contributed by atoms with Crippen LogP contribution < -0.4 is 20.5 Å². The number of nitrogens with one attached hydrogen (secondary N) is 1. The Morgan fingerprint density at radius 1 is 1.41 bits per heavy atom. The molecular weight excluding hydrogens is 302 g/mol. The number of ether oxygens (including phenoxy) is 2. The second-order valence-electron chi connectivity index (χ2n) is 4.34. The van der Waals surface area contributed by atoms with Gasteiger partial charge in [0.15, 0.2) is 17.3 Å². The molecule has 2 rings (SSSR count). The van der Waals surface area contributed by atoms with Crippen molar-refractivity contribution < 1.29 is 14.3 Å². The van der Waals surface area contributed by atoms with Crippen molar-refractivity contribution in [2.75, 3.05) is 31.8 Å². The van der Waals surface area contributed by atoms with E-state index in [2.05, 4.69) is 16.3 Å². The summed E-state index contributed by atoms with van der Waals surface area (Å²) in [7, 11) is 3.06. The van der Waals surface area contributed by atoms with Crippen LogP contribution in [0.2, 0.25) is 0 Å². The van der Waals surface area contributed by atoms with Crippen molar-refractivity contribution in [3.63, 3.8) is 0 Å². The van der Waals surface area contributed by atoms with Crippen molar-refractivity contribution in [1.29, 1.82) is 0 Å². The summed E-state index contributed by atoms with van der Waals surface area (Å²) in [5, 5.41) is 2.99. The van der Waals surface area contributed by atoms with E-state index < -0.39 is 0 Å². The number of carbonyl (C=O) groups excluding carboxylic acids is 1. The number of nitrogens with zero attached hydrogens (tertiary/aromatic N) is 1. The molecule has 3 N–H and O–H groups in total. The molecule has 0 fully saturated rings. The average Bonchev–Trinajstić information content (AvgIpc) is 2.92. The molecule has 0 saturated heterocycles. The fourth-order valence-corrected chi connectivity index (χ4v) is 2.61. The molecule has 6 nitrogen and oxygen atoms in total. The molecule has 0 amide bonds. The number of hydrogen-bond acceptors (Lipinski definition) is 7. The molecule has 1 aromatic heterocycles. The smallest absolute Gasteiger partial charge is 0.206 e. The van der Waals surface area contributed by atoms with Crippen LogP contribution in [0.15, 0.2) is 30.9 Å². The van der Waals surface area contributed by atoms with Crippen LogP contribution >= 0.6 is 11.5 Å². The van der Waals surface area contributed by atoms with Gasteiger partial charge in [-0.2, -0.15) is 4.37 Å². The second-order valence-corrected chi connectivity index (χ2v) is 5.12. The first kappa shape index (κ1) is 15.8. The number of aromatic nitrogens is 1. The normalized spacial score (nSPS) is 10.1. The molecule has 0 aliphatic carbocycles. The average molecular weight is 319 g/mol. The highest BCUT2D eigenvalue weighted by Crippen LogP contribution is 2.32. The maximum Gasteiger partial charge on any atom is 0.206 e. The Labute approximate surface area is 132 Å². The summed E-state index contributed by atoms with van der Waals surface area (Å²) in [6, 6.07) is 4.97. The largest absolute Gasteiger partial charge is 0.493 e. The predicted molar refractivity (Wildman–Crippen MR) is 88.2 cm³/mol. The summed E-state index contributed by atoms with van der Waals surface area (Å²) in [6.07, 6.45) is 1.69. The van der Waals surface area contributed by atoms with Crippen molar-refractivity contribution in [1.82, 2.24) is 4.37 Å². The lowest BCUT2D eigenvalue weighted by Gasteiger charge is -2.08. The molecule has 1 heterocycles. The number of nitrogens with two attached hydrogens (primary N) is 1. The first-order chi connectivity index (χ1) is 10.6. The Morgan fingerprint density at radius 2 is 2.14 bits per heavy atom. The molecule has 0 bridgehead atoms. The number of hydrogen-bond donors (Lipinski definition) is 2. The minimum Gasteiger partial charge on any atom is -0.493 e. The Balaban J connectivity index is 2.32. The lowest BCUT2D eigenvalue weighted by molar-refractivity contribution is 0.104. The molecule has 22 heavy (non-hydrogen) atoms. The third-order valence-electron chi connectivity index (χ3n) is 2.99. The van der Waals surface area contributed by atoms with Gasteiger partial charge < -0.3 is 20.5 Å². The van der Waals surface area contributed by atoms with E-state index >= 15 is 0 Å². The molecule has 0 unspecified atom stereocenters. The molecule has 2 aromatic rings. The highest BCUT2D eigenvalue weighted by Gasteiger charge is 2.20. The van der Waals surface area contributed by atoms with E-state index in [4.69, 9.17) is 15.2 Å². The van der Waals surface area contributed by atoms with Crippen molar-refractivity contribution in [2.45, 2.75) is 0 Å². The molecular formula is C15H17N3O3S. The topological polar surface area (TPSA) is 86.5 Å². The number of carbonyl (C=O) groups is 1. The van der Waals surface area contributed by atoms with Crippen LogP contribution in [0.1, 0.15) is 15.2 Å².